The van der Waals surface area contributed by atoms with Crippen LogP contribution in [0.25, 0.3) is 0 Å². The predicted molar refractivity (Wildman–Crippen MR) is 130 cm³/mol. The van der Waals surface area contributed by atoms with Gasteiger partial charge in [0.15, 0.2) is 15.7 Å². The molecule has 0 unspecified atom stereocenters. The van der Waals surface area contributed by atoms with E-state index in [-0.39, 0.29) is 27.0 Å². The summed E-state index contributed by atoms with van der Waals surface area (Å²) in [6.45, 7) is 1.53. The molecule has 0 saturated heterocycles. The molecule has 0 fully saturated rings. The standard InChI is InChI=1S/C22H17Cl2F3N4O4S/c1-13(29-30(2)21-19(24)10-16(11-28-21)22(25,26)27)14-3-8-20(31(32)33)15(9-14)12-36(34,35)18-6-4-17(23)5-7-18/h3-11H,12H2,1-2H3. The van der Waals surface area contributed by atoms with Crippen molar-refractivity contribution in [2.45, 2.75) is 23.7 Å². The van der Waals surface area contributed by atoms with Gasteiger partial charge in [-0.25, -0.2) is 18.4 Å². The SMILES string of the molecule is CC(=NN(C)c1ncc(C(F)(F)F)cc1Cl)c1ccc([N+](=O)[O-])c(CS(=O)(=O)c2ccc(Cl)cc2)c1. The number of aromatic nitrogens is 1. The molecule has 1 aromatic heterocycles. The zero-order valence-corrected chi connectivity index (χ0v) is 21.0. The summed E-state index contributed by atoms with van der Waals surface area (Å²) in [4.78, 5) is 14.5. The van der Waals surface area contributed by atoms with Gasteiger partial charge in [0.1, 0.15) is 0 Å². The van der Waals surface area contributed by atoms with Crippen LogP contribution in [-0.4, -0.2) is 31.1 Å². The molecule has 1 heterocycles. The zero-order chi connectivity index (χ0) is 26.8. The Hall–Kier alpha value is -3.22. The topological polar surface area (TPSA) is 106 Å². The fraction of sp³-hybridized carbons (Fsp3) is 0.182. The number of pyridine rings is 1. The van der Waals surface area contributed by atoms with Gasteiger partial charge in [-0.1, -0.05) is 23.2 Å². The maximum atomic E-state index is 12.9. The summed E-state index contributed by atoms with van der Waals surface area (Å²) in [5.41, 5.74) is -0.875. The van der Waals surface area contributed by atoms with Crippen LogP contribution in [0.15, 0.2) is 64.7 Å². The van der Waals surface area contributed by atoms with Crippen molar-refractivity contribution in [3.8, 4) is 0 Å². The first-order valence-electron chi connectivity index (χ1n) is 9.97. The zero-order valence-electron chi connectivity index (χ0n) is 18.6. The lowest BCUT2D eigenvalue weighted by Gasteiger charge is -2.16. The van der Waals surface area contributed by atoms with Crippen LogP contribution in [0.4, 0.5) is 24.7 Å². The lowest BCUT2D eigenvalue weighted by Crippen LogP contribution is -2.16. The third-order valence-corrected chi connectivity index (χ3v) is 7.18. The van der Waals surface area contributed by atoms with Crippen LogP contribution in [0.1, 0.15) is 23.6 Å². The summed E-state index contributed by atoms with van der Waals surface area (Å²) in [6.07, 6.45) is -4.00. The number of nitrogens with zero attached hydrogens (tertiary/aromatic N) is 4. The van der Waals surface area contributed by atoms with E-state index in [0.29, 0.717) is 16.8 Å². The third-order valence-electron chi connectivity index (χ3n) is 4.97. The van der Waals surface area contributed by atoms with Crippen molar-refractivity contribution >= 4 is 50.3 Å². The minimum atomic E-state index is -4.62. The number of sulfone groups is 1. The van der Waals surface area contributed by atoms with Gasteiger partial charge in [-0.2, -0.15) is 18.3 Å². The number of hydrazone groups is 1. The number of nitro groups is 1. The van der Waals surface area contributed by atoms with Crippen molar-refractivity contribution in [1.82, 2.24) is 4.98 Å². The lowest BCUT2D eigenvalue weighted by molar-refractivity contribution is -0.385. The second kappa shape index (κ2) is 10.4. The van der Waals surface area contributed by atoms with E-state index in [1.54, 1.807) is 0 Å². The second-order valence-corrected chi connectivity index (χ2v) is 10.4. The molecule has 0 spiro atoms. The van der Waals surface area contributed by atoms with Crippen LogP contribution in [0, 0.1) is 10.1 Å². The lowest BCUT2D eigenvalue weighted by atomic mass is 10.1. The van der Waals surface area contributed by atoms with Crippen molar-refractivity contribution in [3.05, 3.63) is 91.6 Å². The van der Waals surface area contributed by atoms with Gasteiger partial charge >= 0.3 is 6.18 Å². The minimum Gasteiger partial charge on any atom is -0.258 e. The minimum absolute atomic E-state index is 0.0558. The Morgan fingerprint density at radius 3 is 2.33 bits per heavy atom. The first-order valence-corrected chi connectivity index (χ1v) is 12.4. The van der Waals surface area contributed by atoms with E-state index in [2.05, 4.69) is 10.1 Å². The number of alkyl halides is 3. The Labute approximate surface area is 214 Å². The number of benzene rings is 2. The van der Waals surface area contributed by atoms with E-state index in [1.165, 1.54) is 50.4 Å². The molecule has 0 amide bonds. The number of rotatable bonds is 7. The van der Waals surface area contributed by atoms with Crippen LogP contribution >= 0.6 is 23.2 Å². The Kier molecular flexibility index (Phi) is 7.91. The molecule has 0 aliphatic carbocycles. The molecule has 0 atom stereocenters. The highest BCUT2D eigenvalue weighted by Crippen LogP contribution is 2.33. The number of anilines is 1. The first kappa shape index (κ1) is 27.4. The van der Waals surface area contributed by atoms with E-state index < -0.39 is 37.9 Å². The molecule has 2 aromatic carbocycles. The van der Waals surface area contributed by atoms with Crippen molar-refractivity contribution < 1.29 is 26.5 Å². The smallest absolute Gasteiger partial charge is 0.258 e. The van der Waals surface area contributed by atoms with Crippen molar-refractivity contribution in [3.63, 3.8) is 0 Å². The molecule has 0 radical (unpaired) electrons. The Morgan fingerprint density at radius 2 is 1.78 bits per heavy atom. The highest BCUT2D eigenvalue weighted by molar-refractivity contribution is 7.90. The summed E-state index contributed by atoms with van der Waals surface area (Å²) >= 11 is 11.8. The Bertz CT molecular complexity index is 1450. The van der Waals surface area contributed by atoms with Crippen LogP contribution in [0.3, 0.4) is 0 Å². The average Bonchev–Trinajstić information content (AvgIpc) is 2.78. The molecule has 36 heavy (non-hydrogen) atoms. The number of hydrogen-bond acceptors (Lipinski definition) is 7. The normalized spacial score (nSPS) is 12.5. The molecule has 0 saturated carbocycles. The summed E-state index contributed by atoms with van der Waals surface area (Å²) in [5.74, 6) is -0.717. The van der Waals surface area contributed by atoms with E-state index in [1.807, 2.05) is 0 Å². The predicted octanol–water partition coefficient (Wildman–Crippen LogP) is 6.15. The van der Waals surface area contributed by atoms with E-state index in [0.717, 1.165) is 17.1 Å². The summed E-state index contributed by atoms with van der Waals surface area (Å²) in [5, 5.41) is 16.9. The Balaban J connectivity index is 1.95. The quantitative estimate of drug-likeness (QED) is 0.195. The van der Waals surface area contributed by atoms with Crippen LogP contribution < -0.4 is 5.01 Å². The summed E-state index contributed by atoms with van der Waals surface area (Å²) in [6, 6.07) is 9.97. The van der Waals surface area contributed by atoms with Gasteiger partial charge in [-0.05, 0) is 55.0 Å². The van der Waals surface area contributed by atoms with Gasteiger partial charge in [0.05, 0.1) is 31.9 Å². The summed E-state index contributed by atoms with van der Waals surface area (Å²) in [7, 11) is -2.54. The number of nitro benzene ring substituents is 1. The molecule has 8 nitrogen and oxygen atoms in total. The van der Waals surface area contributed by atoms with Gasteiger partial charge in [0, 0.05) is 29.9 Å². The molecular formula is C22H17Cl2F3N4O4S. The fourth-order valence-electron chi connectivity index (χ4n) is 3.19. The monoisotopic (exact) mass is 560 g/mol. The second-order valence-electron chi connectivity index (χ2n) is 7.55. The van der Waals surface area contributed by atoms with Gasteiger partial charge in [-0.3, -0.25) is 10.1 Å². The van der Waals surface area contributed by atoms with Crippen LogP contribution in [-0.2, 0) is 21.8 Å². The highest BCUT2D eigenvalue weighted by Gasteiger charge is 2.32. The maximum absolute atomic E-state index is 12.9. The van der Waals surface area contributed by atoms with E-state index in [9.17, 15) is 31.7 Å². The molecule has 0 N–H and O–H groups in total. The summed E-state index contributed by atoms with van der Waals surface area (Å²) < 4.78 is 64.3. The molecular weight excluding hydrogens is 544 g/mol. The average molecular weight is 561 g/mol. The number of hydrogen-bond donors (Lipinski definition) is 0. The molecule has 3 rings (SSSR count). The Morgan fingerprint density at radius 1 is 1.14 bits per heavy atom. The van der Waals surface area contributed by atoms with Gasteiger partial charge < -0.3 is 0 Å². The largest absolute Gasteiger partial charge is 0.417 e. The van der Waals surface area contributed by atoms with Gasteiger partial charge in [0.25, 0.3) is 5.69 Å². The molecule has 0 aliphatic rings. The van der Waals surface area contributed by atoms with Gasteiger partial charge in [-0.15, -0.1) is 0 Å². The van der Waals surface area contributed by atoms with E-state index >= 15 is 0 Å². The van der Waals surface area contributed by atoms with E-state index in [4.69, 9.17) is 23.2 Å². The molecule has 0 aliphatic heterocycles. The third kappa shape index (κ3) is 6.31. The van der Waals surface area contributed by atoms with Gasteiger partial charge in [0.2, 0.25) is 0 Å². The molecule has 14 heteroatoms. The maximum Gasteiger partial charge on any atom is 0.417 e. The van der Waals surface area contributed by atoms with Crippen molar-refractivity contribution in [2.24, 2.45) is 5.10 Å². The number of halogens is 5. The van der Waals surface area contributed by atoms with Crippen molar-refractivity contribution in [2.75, 3.05) is 12.1 Å². The molecule has 3 aromatic rings. The van der Waals surface area contributed by atoms with Crippen molar-refractivity contribution in [1.29, 1.82) is 0 Å². The highest BCUT2D eigenvalue weighted by atomic mass is 35.5. The molecule has 0 bridgehead atoms. The molecule has 190 valence electrons. The fourth-order valence-corrected chi connectivity index (χ4v) is 4.96. The van der Waals surface area contributed by atoms with Crippen LogP contribution in [0.5, 0.6) is 0 Å². The van der Waals surface area contributed by atoms with Crippen LogP contribution in [0.2, 0.25) is 10.0 Å². The first-order chi connectivity index (χ1) is 16.7.